The Morgan fingerprint density at radius 2 is 0.887 bits per heavy atom. The van der Waals surface area contributed by atoms with Crippen molar-refractivity contribution in [2.75, 3.05) is 0 Å². The number of hydrogen-bond acceptors (Lipinski definition) is 5. The van der Waals surface area contributed by atoms with Gasteiger partial charge in [0.15, 0.2) is 11.5 Å². The molecule has 0 atom stereocenters. The Balaban J connectivity index is 1.18. The zero-order valence-electron chi connectivity index (χ0n) is 28.4. The Bertz CT molecular complexity index is 2980. The topological polar surface area (TPSA) is 101 Å². The van der Waals surface area contributed by atoms with Crippen molar-refractivity contribution in [3.05, 3.63) is 145 Å². The molecule has 0 saturated carbocycles. The van der Waals surface area contributed by atoms with Crippen LogP contribution in [0.5, 0.6) is 28.7 Å². The lowest BCUT2D eigenvalue weighted by molar-refractivity contribution is 0.330. The van der Waals surface area contributed by atoms with Crippen molar-refractivity contribution >= 4 is 59.9 Å². The van der Waals surface area contributed by atoms with Crippen molar-refractivity contribution in [3.8, 4) is 62.1 Å². The first-order valence-electron chi connectivity index (χ1n) is 17.7. The number of aromatic hydroxyl groups is 5. The van der Waals surface area contributed by atoms with E-state index in [-0.39, 0.29) is 5.56 Å². The molecule has 1 aliphatic rings. The molecule has 0 aromatic heterocycles. The van der Waals surface area contributed by atoms with Gasteiger partial charge in [-0.15, -0.1) is 0 Å². The van der Waals surface area contributed by atoms with Gasteiger partial charge < -0.3 is 25.5 Å². The summed E-state index contributed by atoms with van der Waals surface area (Å²) in [5, 5.41) is 63.6. The van der Waals surface area contributed by atoms with E-state index >= 15 is 0 Å². The quantitative estimate of drug-likeness (QED) is 0.0550. The van der Waals surface area contributed by atoms with Crippen molar-refractivity contribution in [1.82, 2.24) is 0 Å². The molecule has 254 valence electrons. The molecule has 9 aromatic rings. The molecule has 0 fully saturated rings. The summed E-state index contributed by atoms with van der Waals surface area (Å²) in [5.41, 5.74) is 7.31. The van der Waals surface area contributed by atoms with Gasteiger partial charge in [0.1, 0.15) is 0 Å². The molecule has 0 radical (unpaired) electrons. The molecule has 9 aromatic carbocycles. The first-order chi connectivity index (χ1) is 25.9. The Kier molecular flexibility index (Phi) is 6.70. The molecule has 0 amide bonds. The molecule has 0 aliphatic heterocycles. The normalized spacial score (nSPS) is 12.7. The molecule has 0 heterocycles. The van der Waals surface area contributed by atoms with E-state index in [2.05, 4.69) is 91.0 Å². The monoisotopic (exact) mass is 688 g/mol. The minimum Gasteiger partial charge on any atom is -0.504 e. The second kappa shape index (κ2) is 11.5. The summed E-state index contributed by atoms with van der Waals surface area (Å²) < 4.78 is 0. The lowest BCUT2D eigenvalue weighted by atomic mass is 9.84. The predicted octanol–water partition coefficient (Wildman–Crippen LogP) is 11.9. The SMILES string of the molecule is Oc1c(O)c(O)c(-c2c3ccccc3c(-c3ccc4cc(-c5cc6c7c(ccc6c6ccccc56)C=CCC7)ccc4c3)c3ccccc23)c(O)c1O. The number of phenolic OH excluding ortho intramolecular Hbond substituents is 5. The highest BCUT2D eigenvalue weighted by molar-refractivity contribution is 6.23. The summed E-state index contributed by atoms with van der Waals surface area (Å²) in [6.45, 7) is 0. The standard InChI is InChI=1S/C48H32O5/c49-44-43(45(50)47(52)48(53)46(44)51)42-37-15-7-5-13-35(37)41(36-14-6-8-16-38(36)42)30-20-18-27-23-29(19-17-28(27)24-30)39-25-40-31-10-2-1-9-26(31)21-22-34(40)32-11-3-4-12-33(32)39/h1,3-9,11-25,49-53H,2,10H2. The molecule has 5 N–H and O–H groups in total. The van der Waals surface area contributed by atoms with Gasteiger partial charge in [0.2, 0.25) is 17.2 Å². The van der Waals surface area contributed by atoms with Crippen LogP contribution < -0.4 is 0 Å². The van der Waals surface area contributed by atoms with Crippen LogP contribution in [-0.4, -0.2) is 25.5 Å². The van der Waals surface area contributed by atoms with E-state index in [1.54, 1.807) is 0 Å². The maximum atomic E-state index is 11.0. The largest absolute Gasteiger partial charge is 0.504 e. The fraction of sp³-hybridized carbons (Fsp3) is 0.0417. The summed E-state index contributed by atoms with van der Waals surface area (Å²) in [6, 6.07) is 44.1. The fourth-order valence-corrected chi connectivity index (χ4v) is 8.57. The van der Waals surface area contributed by atoms with Crippen molar-refractivity contribution < 1.29 is 25.5 Å². The highest BCUT2D eigenvalue weighted by Crippen LogP contribution is 2.57. The average Bonchev–Trinajstić information content (AvgIpc) is 3.21. The van der Waals surface area contributed by atoms with E-state index in [0.717, 1.165) is 51.1 Å². The number of aryl methyl sites for hydroxylation is 1. The third-order valence-corrected chi connectivity index (χ3v) is 11.0. The highest BCUT2D eigenvalue weighted by Gasteiger charge is 2.28. The smallest absolute Gasteiger partial charge is 0.208 e. The van der Waals surface area contributed by atoms with Gasteiger partial charge in [0.25, 0.3) is 0 Å². The second-order valence-electron chi connectivity index (χ2n) is 13.9. The lowest BCUT2D eigenvalue weighted by Gasteiger charge is -2.20. The fourth-order valence-electron chi connectivity index (χ4n) is 8.57. The van der Waals surface area contributed by atoms with Crippen LogP contribution in [0.2, 0.25) is 0 Å². The third-order valence-electron chi connectivity index (χ3n) is 11.0. The van der Waals surface area contributed by atoms with Crippen molar-refractivity contribution in [2.24, 2.45) is 0 Å². The van der Waals surface area contributed by atoms with Crippen LogP contribution >= 0.6 is 0 Å². The molecule has 0 bridgehead atoms. The first kappa shape index (κ1) is 30.8. The summed E-state index contributed by atoms with van der Waals surface area (Å²) in [5.74, 6) is -4.25. The van der Waals surface area contributed by atoms with Crippen LogP contribution in [-0.2, 0) is 6.42 Å². The van der Waals surface area contributed by atoms with Gasteiger partial charge in [-0.1, -0.05) is 121 Å². The number of benzene rings is 9. The summed E-state index contributed by atoms with van der Waals surface area (Å²) in [4.78, 5) is 0. The third kappa shape index (κ3) is 4.50. The molecular weight excluding hydrogens is 657 g/mol. The van der Waals surface area contributed by atoms with Crippen LogP contribution in [0.25, 0.3) is 93.3 Å². The van der Waals surface area contributed by atoms with Gasteiger partial charge in [-0.3, -0.25) is 0 Å². The van der Waals surface area contributed by atoms with Crippen molar-refractivity contribution in [2.45, 2.75) is 12.8 Å². The molecule has 5 heteroatoms. The van der Waals surface area contributed by atoms with Gasteiger partial charge in [-0.25, -0.2) is 0 Å². The van der Waals surface area contributed by atoms with Crippen LogP contribution in [0.4, 0.5) is 0 Å². The zero-order valence-corrected chi connectivity index (χ0v) is 28.4. The molecule has 1 aliphatic carbocycles. The number of phenols is 5. The molecule has 0 spiro atoms. The van der Waals surface area contributed by atoms with E-state index in [1.807, 2.05) is 48.5 Å². The maximum absolute atomic E-state index is 11.0. The van der Waals surface area contributed by atoms with Crippen LogP contribution in [0.15, 0.2) is 133 Å². The number of fused-ring (bicyclic) bond motifs is 8. The minimum atomic E-state index is -0.988. The van der Waals surface area contributed by atoms with Crippen LogP contribution in [0, 0.1) is 0 Å². The molecule has 53 heavy (non-hydrogen) atoms. The zero-order chi connectivity index (χ0) is 36.0. The summed E-state index contributed by atoms with van der Waals surface area (Å²) in [7, 11) is 0. The van der Waals surface area contributed by atoms with E-state index in [4.69, 9.17) is 0 Å². The lowest BCUT2D eigenvalue weighted by Crippen LogP contribution is -1.96. The maximum Gasteiger partial charge on any atom is 0.208 e. The van der Waals surface area contributed by atoms with Crippen LogP contribution in [0.1, 0.15) is 17.5 Å². The van der Waals surface area contributed by atoms with E-state index in [0.29, 0.717) is 16.3 Å². The van der Waals surface area contributed by atoms with Gasteiger partial charge in [-0.05, 0) is 118 Å². The Morgan fingerprint density at radius 3 is 1.53 bits per heavy atom. The van der Waals surface area contributed by atoms with Crippen molar-refractivity contribution in [1.29, 1.82) is 0 Å². The van der Waals surface area contributed by atoms with E-state index < -0.39 is 28.7 Å². The summed E-state index contributed by atoms with van der Waals surface area (Å²) >= 11 is 0. The minimum absolute atomic E-state index is 0.166. The number of hydrogen-bond donors (Lipinski definition) is 5. The Morgan fingerprint density at radius 1 is 0.377 bits per heavy atom. The van der Waals surface area contributed by atoms with Gasteiger partial charge in [0.05, 0.1) is 5.56 Å². The van der Waals surface area contributed by atoms with Gasteiger partial charge in [-0.2, -0.15) is 0 Å². The number of allylic oxidation sites excluding steroid dienone is 1. The van der Waals surface area contributed by atoms with Gasteiger partial charge in [0, 0.05) is 5.56 Å². The van der Waals surface area contributed by atoms with Crippen molar-refractivity contribution in [3.63, 3.8) is 0 Å². The second-order valence-corrected chi connectivity index (χ2v) is 13.9. The molecule has 0 saturated heterocycles. The predicted molar refractivity (Wildman–Crippen MR) is 216 cm³/mol. The average molecular weight is 689 g/mol. The Hall–Kier alpha value is -6.98. The molecular formula is C48H32O5. The molecule has 0 unspecified atom stereocenters. The van der Waals surface area contributed by atoms with Crippen LogP contribution in [0.3, 0.4) is 0 Å². The Labute approximate surface area is 304 Å². The summed E-state index contributed by atoms with van der Waals surface area (Å²) in [6.07, 6.45) is 6.59. The van der Waals surface area contributed by atoms with E-state index in [9.17, 15) is 25.5 Å². The van der Waals surface area contributed by atoms with Gasteiger partial charge >= 0.3 is 0 Å². The first-order valence-corrected chi connectivity index (χ1v) is 17.7. The van der Waals surface area contributed by atoms with E-state index in [1.165, 1.54) is 38.2 Å². The highest BCUT2D eigenvalue weighted by atomic mass is 16.4. The molecule has 5 nitrogen and oxygen atoms in total. The number of rotatable bonds is 3. The molecule has 10 rings (SSSR count).